The summed E-state index contributed by atoms with van der Waals surface area (Å²) in [5.74, 6) is -0.299. The van der Waals surface area contributed by atoms with Gasteiger partial charge in [-0.1, -0.05) is 30.3 Å². The second-order valence-electron chi connectivity index (χ2n) is 7.64. The zero-order chi connectivity index (χ0) is 20.8. The molecule has 1 N–H and O–H groups in total. The quantitative estimate of drug-likeness (QED) is 0.755. The monoisotopic (exact) mass is 415 g/mol. The molecule has 2 unspecified atom stereocenters. The van der Waals surface area contributed by atoms with Crippen molar-refractivity contribution in [2.75, 3.05) is 26.7 Å². The fourth-order valence-corrected chi connectivity index (χ4v) is 4.38. The second kappa shape index (κ2) is 10.0. The van der Waals surface area contributed by atoms with Crippen molar-refractivity contribution >= 4 is 23.2 Å². The van der Waals surface area contributed by atoms with E-state index in [1.54, 1.807) is 13.1 Å². The molecule has 3 rings (SSSR count). The van der Waals surface area contributed by atoms with E-state index in [1.807, 2.05) is 29.6 Å². The van der Waals surface area contributed by atoms with Gasteiger partial charge < -0.3 is 15.0 Å². The molecule has 6 nitrogen and oxygen atoms in total. The number of nitrogens with zero attached hydrogens (tertiary/aromatic N) is 2. The summed E-state index contributed by atoms with van der Waals surface area (Å²) in [7, 11) is 1.65. The summed E-state index contributed by atoms with van der Waals surface area (Å²) < 4.78 is 5.82. The maximum Gasteiger partial charge on any atom is 0.264 e. The summed E-state index contributed by atoms with van der Waals surface area (Å²) in [5.41, 5.74) is 2.30. The van der Waals surface area contributed by atoms with E-state index in [0.717, 1.165) is 25.2 Å². The molecule has 1 aromatic carbocycles. The Balaban J connectivity index is 1.54. The molecule has 1 aromatic heterocycles. The van der Waals surface area contributed by atoms with Gasteiger partial charge in [0.15, 0.2) is 0 Å². The number of carbonyl (C=O) groups is 2. The van der Waals surface area contributed by atoms with Gasteiger partial charge in [0.25, 0.3) is 5.91 Å². The summed E-state index contributed by atoms with van der Waals surface area (Å²) in [4.78, 5) is 29.1. The van der Waals surface area contributed by atoms with Crippen LogP contribution in [0.3, 0.4) is 0 Å². The van der Waals surface area contributed by atoms with Crippen molar-refractivity contribution < 1.29 is 14.3 Å². The van der Waals surface area contributed by atoms with Gasteiger partial charge in [-0.15, -0.1) is 11.3 Å². The van der Waals surface area contributed by atoms with E-state index in [0.29, 0.717) is 11.4 Å². The Labute approximate surface area is 176 Å². The number of nitrogens with one attached hydrogen (secondary N) is 1. The van der Waals surface area contributed by atoms with Gasteiger partial charge in [0.05, 0.1) is 23.6 Å². The number of carbonyl (C=O) groups excluding carboxylic acids is 2. The summed E-state index contributed by atoms with van der Waals surface area (Å²) in [6.45, 7) is 7.33. The molecule has 0 saturated carbocycles. The van der Waals surface area contributed by atoms with Crippen molar-refractivity contribution in [2.45, 2.75) is 39.1 Å². The van der Waals surface area contributed by atoms with Gasteiger partial charge in [-0.25, -0.2) is 0 Å². The number of thiophene rings is 1. The number of hydrogen-bond acceptors (Lipinski definition) is 5. The van der Waals surface area contributed by atoms with Gasteiger partial charge in [-0.05, 0) is 36.4 Å². The Morgan fingerprint density at radius 2 is 1.83 bits per heavy atom. The number of morpholine rings is 1. The van der Waals surface area contributed by atoms with Gasteiger partial charge in [0.2, 0.25) is 5.91 Å². The minimum atomic E-state index is -0.166. The first-order valence-electron chi connectivity index (χ1n) is 9.92. The average Bonchev–Trinajstić information content (AvgIpc) is 3.20. The third kappa shape index (κ3) is 6.13. The predicted octanol–water partition coefficient (Wildman–Crippen LogP) is 2.75. The minimum Gasteiger partial charge on any atom is -0.373 e. The summed E-state index contributed by atoms with van der Waals surface area (Å²) in [5, 5.41) is 4.81. The number of likely N-dealkylation sites (N-methyl/N-ethyl adjacent to an activating group) is 1. The smallest absolute Gasteiger partial charge is 0.264 e. The zero-order valence-corrected chi connectivity index (χ0v) is 18.1. The largest absolute Gasteiger partial charge is 0.373 e. The number of benzene rings is 1. The average molecular weight is 416 g/mol. The lowest BCUT2D eigenvalue weighted by atomic mass is 10.1. The molecule has 1 aliphatic rings. The molecule has 156 valence electrons. The molecular formula is C22H29N3O3S. The first kappa shape index (κ1) is 21.5. The molecule has 2 amide bonds. The molecule has 7 heteroatoms. The molecule has 2 atom stereocenters. The van der Waals surface area contributed by atoms with E-state index in [4.69, 9.17) is 4.74 Å². The van der Waals surface area contributed by atoms with Crippen molar-refractivity contribution in [3.05, 3.63) is 57.8 Å². The van der Waals surface area contributed by atoms with Crippen molar-refractivity contribution in [1.29, 1.82) is 0 Å². The molecule has 0 aliphatic carbocycles. The van der Waals surface area contributed by atoms with Crippen LogP contribution in [0.4, 0.5) is 0 Å². The molecule has 0 radical (unpaired) electrons. The fraction of sp³-hybridized carbons (Fsp3) is 0.455. The molecule has 1 aliphatic heterocycles. The molecule has 2 heterocycles. The normalized spacial score (nSPS) is 19.7. The van der Waals surface area contributed by atoms with Gasteiger partial charge in [-0.2, -0.15) is 0 Å². The molecular weight excluding hydrogens is 386 g/mol. The third-order valence-corrected chi connectivity index (χ3v) is 5.80. The summed E-state index contributed by atoms with van der Waals surface area (Å²) in [6.07, 6.45) is 0.448. The lowest BCUT2D eigenvalue weighted by Crippen LogP contribution is -2.45. The van der Waals surface area contributed by atoms with Crippen molar-refractivity contribution in [1.82, 2.24) is 15.1 Å². The Morgan fingerprint density at radius 1 is 1.14 bits per heavy atom. The van der Waals surface area contributed by atoms with Crippen LogP contribution in [0.2, 0.25) is 0 Å². The highest BCUT2D eigenvalue weighted by Gasteiger charge is 2.22. The predicted molar refractivity (Wildman–Crippen MR) is 115 cm³/mol. The zero-order valence-electron chi connectivity index (χ0n) is 17.3. The highest BCUT2D eigenvalue weighted by molar-refractivity contribution is 7.12. The van der Waals surface area contributed by atoms with E-state index >= 15 is 0 Å². The van der Waals surface area contributed by atoms with E-state index in [-0.39, 0.29) is 30.6 Å². The van der Waals surface area contributed by atoms with Gasteiger partial charge in [0.1, 0.15) is 0 Å². The highest BCUT2D eigenvalue weighted by atomic mass is 32.1. The number of hydrogen-bond donors (Lipinski definition) is 1. The van der Waals surface area contributed by atoms with Gasteiger partial charge in [0, 0.05) is 33.2 Å². The Morgan fingerprint density at radius 3 is 2.48 bits per heavy atom. The molecule has 0 spiro atoms. The van der Waals surface area contributed by atoms with Crippen LogP contribution >= 0.6 is 11.3 Å². The van der Waals surface area contributed by atoms with Crippen LogP contribution in [0.25, 0.3) is 0 Å². The Kier molecular flexibility index (Phi) is 7.41. The number of rotatable bonds is 7. The first-order valence-corrected chi connectivity index (χ1v) is 10.8. The molecule has 2 aromatic rings. The van der Waals surface area contributed by atoms with E-state index in [9.17, 15) is 9.59 Å². The van der Waals surface area contributed by atoms with Crippen LogP contribution in [-0.4, -0.2) is 60.5 Å². The maximum atomic E-state index is 12.4. The van der Waals surface area contributed by atoms with Crippen molar-refractivity contribution in [3.8, 4) is 0 Å². The van der Waals surface area contributed by atoms with Crippen LogP contribution in [-0.2, 0) is 22.6 Å². The maximum absolute atomic E-state index is 12.4. The van der Waals surface area contributed by atoms with Crippen LogP contribution in [0, 0.1) is 0 Å². The van der Waals surface area contributed by atoms with Gasteiger partial charge in [-0.3, -0.25) is 14.5 Å². The molecule has 29 heavy (non-hydrogen) atoms. The first-order chi connectivity index (χ1) is 13.9. The van der Waals surface area contributed by atoms with Crippen LogP contribution < -0.4 is 5.32 Å². The lowest BCUT2D eigenvalue weighted by molar-refractivity contribution is -0.121. The fourth-order valence-electron chi connectivity index (χ4n) is 3.66. The molecule has 0 bridgehead atoms. The van der Waals surface area contributed by atoms with Gasteiger partial charge >= 0.3 is 0 Å². The van der Waals surface area contributed by atoms with Crippen LogP contribution in [0.1, 0.15) is 34.6 Å². The molecule has 1 saturated heterocycles. The number of ether oxygens (including phenoxy) is 1. The van der Waals surface area contributed by atoms with E-state index in [2.05, 4.69) is 30.1 Å². The summed E-state index contributed by atoms with van der Waals surface area (Å²) in [6, 6.07) is 11.8. The topological polar surface area (TPSA) is 61.9 Å². The van der Waals surface area contributed by atoms with E-state index < -0.39 is 0 Å². The summed E-state index contributed by atoms with van der Waals surface area (Å²) >= 11 is 1.38. The SMILES string of the molecule is CC1CN(Cc2ccccc2CNC(=O)CN(C)C(=O)c2cccs2)CC(C)O1. The Hall–Kier alpha value is -2.22. The second-order valence-corrected chi connectivity index (χ2v) is 8.58. The van der Waals surface area contributed by atoms with Crippen molar-refractivity contribution in [2.24, 2.45) is 0 Å². The van der Waals surface area contributed by atoms with Crippen molar-refractivity contribution in [3.63, 3.8) is 0 Å². The Bertz CT molecular complexity index is 814. The number of amides is 2. The molecule has 1 fully saturated rings. The third-order valence-electron chi connectivity index (χ3n) is 4.94. The minimum absolute atomic E-state index is 0.0391. The standard InChI is InChI=1S/C22H29N3O3S/c1-16-12-25(13-17(2)28-16)14-19-8-5-4-7-18(19)11-23-21(26)15-24(3)22(27)20-9-6-10-29-20/h4-10,16-17H,11-15H2,1-3H3,(H,23,26). The lowest BCUT2D eigenvalue weighted by Gasteiger charge is -2.35. The van der Waals surface area contributed by atoms with Crippen LogP contribution in [0.15, 0.2) is 41.8 Å². The van der Waals surface area contributed by atoms with Crippen LogP contribution in [0.5, 0.6) is 0 Å². The highest BCUT2D eigenvalue weighted by Crippen LogP contribution is 2.17. The van der Waals surface area contributed by atoms with E-state index in [1.165, 1.54) is 21.8 Å².